The Bertz CT molecular complexity index is 276. The Morgan fingerprint density at radius 1 is 1.24 bits per heavy atom. The second kappa shape index (κ2) is 5.29. The molecule has 1 unspecified atom stereocenters. The molecule has 0 bridgehead atoms. The number of halogens is 2. The number of hydrogen-bond acceptors (Lipinski definition) is 3. The lowest BCUT2D eigenvalue weighted by atomic mass is 10.1. The van der Waals surface area contributed by atoms with Gasteiger partial charge in [-0.05, 0) is 12.8 Å². The van der Waals surface area contributed by atoms with Crippen LogP contribution in [-0.4, -0.2) is 30.6 Å². The van der Waals surface area contributed by atoms with Gasteiger partial charge in [0.25, 0.3) is 0 Å². The summed E-state index contributed by atoms with van der Waals surface area (Å²) >= 11 is 0. The van der Waals surface area contributed by atoms with Crippen molar-refractivity contribution in [1.82, 2.24) is 5.32 Å². The molecule has 5 heteroatoms. The van der Waals surface area contributed by atoms with Crippen LogP contribution in [0.25, 0.3) is 0 Å². The quantitative estimate of drug-likeness (QED) is 0.614. The normalized spacial score (nSPS) is 30.0. The van der Waals surface area contributed by atoms with Gasteiger partial charge in [0.15, 0.2) is 0 Å². The molecule has 0 aromatic heterocycles. The molecule has 0 aromatic rings. The van der Waals surface area contributed by atoms with Crippen LogP contribution in [0.5, 0.6) is 0 Å². The zero-order valence-electron chi connectivity index (χ0n) is 9.88. The Labute approximate surface area is 99.9 Å². The fourth-order valence-electron chi connectivity index (χ4n) is 2.54. The van der Waals surface area contributed by atoms with E-state index in [2.05, 4.69) is 10.1 Å². The minimum Gasteiger partial charge on any atom is -0.456 e. The molecular formula is C12H19F2NO2. The van der Waals surface area contributed by atoms with Gasteiger partial charge in [-0.25, -0.2) is 4.79 Å². The van der Waals surface area contributed by atoms with Gasteiger partial charge < -0.3 is 10.1 Å². The van der Waals surface area contributed by atoms with E-state index in [9.17, 15) is 13.6 Å². The molecule has 0 amide bonds. The van der Waals surface area contributed by atoms with Gasteiger partial charge in [0.1, 0.15) is 6.10 Å². The topological polar surface area (TPSA) is 38.3 Å². The second-order valence-electron chi connectivity index (χ2n) is 5.03. The van der Waals surface area contributed by atoms with E-state index < -0.39 is 24.4 Å². The number of cyclic esters (lactones) is 1. The van der Waals surface area contributed by atoms with E-state index in [1.54, 1.807) is 0 Å². The van der Waals surface area contributed by atoms with E-state index in [1.807, 2.05) is 0 Å². The molecule has 1 saturated heterocycles. The largest absolute Gasteiger partial charge is 0.456 e. The molecule has 2 fully saturated rings. The molecule has 3 nitrogen and oxygen atoms in total. The Kier molecular flexibility index (Phi) is 3.97. The second-order valence-corrected chi connectivity index (χ2v) is 5.03. The maximum atomic E-state index is 12.9. The van der Waals surface area contributed by atoms with Crippen LogP contribution in [0.15, 0.2) is 0 Å². The first-order valence-corrected chi connectivity index (χ1v) is 6.40. The average Bonchev–Trinajstić information content (AvgIpc) is 2.48. The van der Waals surface area contributed by atoms with Gasteiger partial charge in [-0.15, -0.1) is 0 Å². The third-order valence-electron chi connectivity index (χ3n) is 3.55. The van der Waals surface area contributed by atoms with Crippen LogP contribution >= 0.6 is 0 Å². The lowest BCUT2D eigenvalue weighted by Gasteiger charge is -2.18. The Hall–Kier alpha value is -0.710. The van der Waals surface area contributed by atoms with Crippen molar-refractivity contribution in [3.8, 4) is 0 Å². The van der Waals surface area contributed by atoms with E-state index in [-0.39, 0.29) is 0 Å². The Morgan fingerprint density at radius 2 is 1.88 bits per heavy atom. The maximum Gasteiger partial charge on any atom is 0.377 e. The summed E-state index contributed by atoms with van der Waals surface area (Å²) in [5.74, 6) is -4.65. The smallest absolute Gasteiger partial charge is 0.377 e. The van der Waals surface area contributed by atoms with E-state index in [0.29, 0.717) is 12.6 Å². The number of ether oxygens (including phenoxy) is 1. The fourth-order valence-corrected chi connectivity index (χ4v) is 2.54. The van der Waals surface area contributed by atoms with Crippen LogP contribution < -0.4 is 5.32 Å². The van der Waals surface area contributed by atoms with Gasteiger partial charge in [0, 0.05) is 12.6 Å². The van der Waals surface area contributed by atoms with Crippen LogP contribution in [0.4, 0.5) is 8.78 Å². The molecule has 1 aliphatic carbocycles. The standard InChI is InChI=1S/C12H19F2NO2/c13-12(14)7-10(17-11(12)16)8-15-9-5-3-1-2-4-6-9/h9-10,15H,1-8H2. The summed E-state index contributed by atoms with van der Waals surface area (Å²) in [4.78, 5) is 10.8. The number of esters is 1. The molecule has 2 aliphatic rings. The monoisotopic (exact) mass is 247 g/mol. The van der Waals surface area contributed by atoms with Crippen molar-refractivity contribution in [3.63, 3.8) is 0 Å². The molecule has 1 N–H and O–H groups in total. The van der Waals surface area contributed by atoms with Gasteiger partial charge in [-0.3, -0.25) is 0 Å². The highest BCUT2D eigenvalue weighted by Gasteiger charge is 2.50. The van der Waals surface area contributed by atoms with E-state index >= 15 is 0 Å². The predicted octanol–water partition coefficient (Wildman–Crippen LogP) is 2.25. The molecule has 1 atom stereocenters. The summed E-state index contributed by atoms with van der Waals surface area (Å²) < 4.78 is 30.5. The number of carbonyl (C=O) groups excluding carboxylic acids is 1. The third kappa shape index (κ3) is 3.37. The van der Waals surface area contributed by atoms with E-state index in [1.165, 1.54) is 25.7 Å². The SMILES string of the molecule is O=C1OC(CNC2CCCCCC2)CC1(F)F. The van der Waals surface area contributed by atoms with Crippen LogP contribution in [0.2, 0.25) is 0 Å². The molecule has 17 heavy (non-hydrogen) atoms. The molecule has 1 saturated carbocycles. The van der Waals surface area contributed by atoms with Gasteiger partial charge >= 0.3 is 11.9 Å². The summed E-state index contributed by atoms with van der Waals surface area (Å²) in [7, 11) is 0. The van der Waals surface area contributed by atoms with E-state index in [4.69, 9.17) is 0 Å². The number of nitrogens with one attached hydrogen (secondary N) is 1. The van der Waals surface area contributed by atoms with E-state index in [0.717, 1.165) is 12.8 Å². The number of hydrogen-bond donors (Lipinski definition) is 1. The summed E-state index contributed by atoms with van der Waals surface area (Å²) in [6.07, 6.45) is 5.94. The zero-order chi connectivity index (χ0) is 12.3. The Balaban J connectivity index is 1.73. The first-order chi connectivity index (χ1) is 8.08. The molecule has 0 spiro atoms. The highest BCUT2D eigenvalue weighted by molar-refractivity contribution is 5.79. The first-order valence-electron chi connectivity index (χ1n) is 6.40. The van der Waals surface area contributed by atoms with Crippen molar-refractivity contribution in [2.24, 2.45) is 0 Å². The number of carbonyl (C=O) groups is 1. The highest BCUT2D eigenvalue weighted by Crippen LogP contribution is 2.30. The van der Waals surface area contributed by atoms with Gasteiger partial charge in [0.2, 0.25) is 0 Å². The van der Waals surface area contributed by atoms with Gasteiger partial charge in [-0.2, -0.15) is 8.78 Å². The molecular weight excluding hydrogens is 228 g/mol. The maximum absolute atomic E-state index is 12.9. The summed E-state index contributed by atoms with van der Waals surface area (Å²) in [5.41, 5.74) is 0. The van der Waals surface area contributed by atoms with Crippen molar-refractivity contribution in [1.29, 1.82) is 0 Å². The average molecular weight is 247 g/mol. The van der Waals surface area contributed by atoms with Crippen molar-refractivity contribution < 1.29 is 18.3 Å². The minimum atomic E-state index is -3.28. The number of alkyl halides is 2. The summed E-state index contributed by atoms with van der Waals surface area (Å²) in [6, 6.07) is 0.394. The van der Waals surface area contributed by atoms with Crippen LogP contribution in [0, 0.1) is 0 Å². The molecule has 2 rings (SSSR count). The first kappa shape index (κ1) is 12.7. The molecule has 98 valence electrons. The molecule has 1 aliphatic heterocycles. The summed E-state index contributed by atoms with van der Waals surface area (Å²) in [6.45, 7) is 0.353. The third-order valence-corrected chi connectivity index (χ3v) is 3.55. The Morgan fingerprint density at radius 3 is 2.41 bits per heavy atom. The zero-order valence-corrected chi connectivity index (χ0v) is 9.88. The lowest BCUT2D eigenvalue weighted by Crippen LogP contribution is -2.35. The van der Waals surface area contributed by atoms with Crippen LogP contribution in [-0.2, 0) is 9.53 Å². The molecule has 1 heterocycles. The van der Waals surface area contributed by atoms with Crippen molar-refractivity contribution in [2.75, 3.05) is 6.54 Å². The molecule has 0 radical (unpaired) electrons. The lowest BCUT2D eigenvalue weighted by molar-refractivity contribution is -0.159. The number of rotatable bonds is 3. The van der Waals surface area contributed by atoms with Crippen molar-refractivity contribution in [2.45, 2.75) is 63.0 Å². The predicted molar refractivity (Wildman–Crippen MR) is 58.9 cm³/mol. The minimum absolute atomic E-state index is 0.353. The van der Waals surface area contributed by atoms with Crippen LogP contribution in [0.1, 0.15) is 44.9 Å². The van der Waals surface area contributed by atoms with Gasteiger partial charge in [-0.1, -0.05) is 25.7 Å². The van der Waals surface area contributed by atoms with Crippen molar-refractivity contribution in [3.05, 3.63) is 0 Å². The fraction of sp³-hybridized carbons (Fsp3) is 0.917. The summed E-state index contributed by atoms with van der Waals surface area (Å²) in [5, 5.41) is 3.25. The van der Waals surface area contributed by atoms with Crippen molar-refractivity contribution >= 4 is 5.97 Å². The van der Waals surface area contributed by atoms with Gasteiger partial charge in [0.05, 0.1) is 6.42 Å². The van der Waals surface area contributed by atoms with Crippen LogP contribution in [0.3, 0.4) is 0 Å². The highest BCUT2D eigenvalue weighted by atomic mass is 19.3. The molecule has 0 aromatic carbocycles.